The van der Waals surface area contributed by atoms with E-state index in [0.717, 1.165) is 33.1 Å². The van der Waals surface area contributed by atoms with Gasteiger partial charge in [0.1, 0.15) is 13.1 Å². The molecule has 2 saturated heterocycles. The van der Waals surface area contributed by atoms with Crippen LogP contribution in [-0.2, 0) is 20.9 Å². The normalized spacial score (nSPS) is 18.7. The van der Waals surface area contributed by atoms with Crippen LogP contribution in [0.1, 0.15) is 5.56 Å². The molecule has 0 spiro atoms. The summed E-state index contributed by atoms with van der Waals surface area (Å²) in [6.07, 6.45) is 3.45. The average Bonchev–Trinajstić information content (AvgIpc) is 3.21. The van der Waals surface area contributed by atoms with Gasteiger partial charge in [0.2, 0.25) is 5.91 Å². The number of nitrogens with zero attached hydrogens (tertiary/aromatic N) is 4. The number of morpholine rings is 1. The molecule has 3 heterocycles. The van der Waals surface area contributed by atoms with Crippen LogP contribution in [0.3, 0.4) is 0 Å². The van der Waals surface area contributed by atoms with E-state index in [1.807, 2.05) is 24.3 Å². The SMILES string of the molecule is N#CCn1cc(/C=C2/SC(=O)N(CC(=O)N3CCOCC3)C2=O)c2ccccc21. The summed E-state index contributed by atoms with van der Waals surface area (Å²) in [4.78, 5) is 40.4. The van der Waals surface area contributed by atoms with Crippen LogP contribution in [0.4, 0.5) is 4.79 Å². The molecule has 0 aliphatic carbocycles. The Kier molecular flexibility index (Phi) is 5.38. The van der Waals surface area contributed by atoms with Gasteiger partial charge in [-0.15, -0.1) is 0 Å². The van der Waals surface area contributed by atoms with Crippen LogP contribution >= 0.6 is 11.8 Å². The molecule has 2 aliphatic rings. The largest absolute Gasteiger partial charge is 0.378 e. The topological polar surface area (TPSA) is 95.6 Å². The number of thioether (sulfide) groups is 1. The van der Waals surface area contributed by atoms with Crippen LogP contribution in [0.25, 0.3) is 17.0 Å². The molecule has 9 heteroatoms. The Hall–Kier alpha value is -3.09. The molecule has 2 aliphatic heterocycles. The van der Waals surface area contributed by atoms with Crippen molar-refractivity contribution >= 4 is 45.8 Å². The minimum atomic E-state index is -0.473. The van der Waals surface area contributed by atoms with Crippen molar-refractivity contribution in [2.45, 2.75) is 6.54 Å². The lowest BCUT2D eigenvalue weighted by molar-refractivity contribution is -0.139. The molecule has 0 N–H and O–H groups in total. The Morgan fingerprint density at radius 3 is 2.76 bits per heavy atom. The summed E-state index contributed by atoms with van der Waals surface area (Å²) in [6, 6.07) is 9.68. The van der Waals surface area contributed by atoms with Gasteiger partial charge in [0.05, 0.1) is 24.2 Å². The number of hydrogen-bond acceptors (Lipinski definition) is 6. The summed E-state index contributed by atoms with van der Waals surface area (Å²) in [7, 11) is 0. The van der Waals surface area contributed by atoms with E-state index in [1.165, 1.54) is 0 Å². The number of para-hydroxylation sites is 1. The van der Waals surface area contributed by atoms with Gasteiger partial charge in [-0.2, -0.15) is 5.26 Å². The molecule has 0 saturated carbocycles. The number of nitriles is 1. The van der Waals surface area contributed by atoms with Crippen molar-refractivity contribution in [3.8, 4) is 6.07 Å². The van der Waals surface area contributed by atoms with Crippen molar-refractivity contribution < 1.29 is 19.1 Å². The summed E-state index contributed by atoms with van der Waals surface area (Å²) >= 11 is 0.825. The van der Waals surface area contributed by atoms with Gasteiger partial charge in [0.25, 0.3) is 11.1 Å². The zero-order valence-corrected chi connectivity index (χ0v) is 16.4. The van der Waals surface area contributed by atoms with Crippen molar-refractivity contribution in [3.05, 3.63) is 40.9 Å². The van der Waals surface area contributed by atoms with Crippen molar-refractivity contribution in [2.24, 2.45) is 0 Å². The van der Waals surface area contributed by atoms with E-state index < -0.39 is 11.1 Å². The molecule has 148 valence electrons. The second-order valence-corrected chi connectivity index (χ2v) is 7.64. The zero-order valence-electron chi connectivity index (χ0n) is 15.5. The lowest BCUT2D eigenvalue weighted by atomic mass is 10.1. The molecule has 0 unspecified atom stereocenters. The van der Waals surface area contributed by atoms with Gasteiger partial charge in [-0.1, -0.05) is 18.2 Å². The Morgan fingerprint density at radius 2 is 2.00 bits per heavy atom. The van der Waals surface area contributed by atoms with Crippen molar-refractivity contribution in [3.63, 3.8) is 0 Å². The van der Waals surface area contributed by atoms with Crippen LogP contribution in [0.2, 0.25) is 0 Å². The van der Waals surface area contributed by atoms with Crippen LogP contribution in [0, 0.1) is 11.3 Å². The highest BCUT2D eigenvalue weighted by atomic mass is 32.2. The van der Waals surface area contributed by atoms with Crippen LogP contribution in [0.5, 0.6) is 0 Å². The van der Waals surface area contributed by atoms with Gasteiger partial charge in [0, 0.05) is 35.8 Å². The fourth-order valence-corrected chi connectivity index (χ4v) is 4.25. The Balaban J connectivity index is 1.57. The maximum atomic E-state index is 12.8. The average molecular weight is 410 g/mol. The highest BCUT2D eigenvalue weighted by molar-refractivity contribution is 8.18. The summed E-state index contributed by atoms with van der Waals surface area (Å²) in [5, 5.41) is 9.47. The number of carbonyl (C=O) groups excluding carboxylic acids is 3. The highest BCUT2D eigenvalue weighted by Gasteiger charge is 2.37. The highest BCUT2D eigenvalue weighted by Crippen LogP contribution is 2.34. The first kappa shape index (κ1) is 19.2. The van der Waals surface area contributed by atoms with Crippen molar-refractivity contribution in [1.82, 2.24) is 14.4 Å². The van der Waals surface area contributed by atoms with Crippen molar-refractivity contribution in [2.75, 3.05) is 32.8 Å². The number of aromatic nitrogens is 1. The Labute approximate surface area is 171 Å². The van der Waals surface area contributed by atoms with Gasteiger partial charge in [0.15, 0.2) is 0 Å². The summed E-state index contributed by atoms with van der Waals surface area (Å²) in [5.41, 5.74) is 1.63. The molecular formula is C20H18N4O4S. The van der Waals surface area contributed by atoms with E-state index in [0.29, 0.717) is 26.3 Å². The molecule has 1 aromatic heterocycles. The first-order valence-electron chi connectivity index (χ1n) is 9.14. The summed E-state index contributed by atoms with van der Waals surface area (Å²) < 4.78 is 7.02. The summed E-state index contributed by atoms with van der Waals surface area (Å²) in [6.45, 7) is 1.76. The molecule has 4 rings (SSSR count). The third kappa shape index (κ3) is 3.77. The molecule has 29 heavy (non-hydrogen) atoms. The van der Waals surface area contributed by atoms with Crippen LogP contribution in [0.15, 0.2) is 35.4 Å². The number of rotatable bonds is 4. The maximum absolute atomic E-state index is 12.8. The Bertz CT molecular complexity index is 1060. The third-order valence-corrected chi connectivity index (χ3v) is 5.79. The number of hydrogen-bond donors (Lipinski definition) is 0. The first-order valence-corrected chi connectivity index (χ1v) is 9.96. The second-order valence-electron chi connectivity index (χ2n) is 6.65. The van der Waals surface area contributed by atoms with Crippen LogP contribution in [-0.4, -0.2) is 64.3 Å². The zero-order chi connectivity index (χ0) is 20.4. The van der Waals surface area contributed by atoms with Gasteiger partial charge < -0.3 is 14.2 Å². The molecule has 0 atom stereocenters. The van der Waals surface area contributed by atoms with E-state index >= 15 is 0 Å². The van der Waals surface area contributed by atoms with E-state index in [4.69, 9.17) is 10.00 Å². The molecule has 0 radical (unpaired) electrons. The number of amides is 3. The molecule has 1 aromatic carbocycles. The lowest BCUT2D eigenvalue weighted by Crippen LogP contribution is -2.46. The fourth-order valence-electron chi connectivity index (χ4n) is 3.42. The lowest BCUT2D eigenvalue weighted by Gasteiger charge is -2.28. The quantitative estimate of drug-likeness (QED) is 0.716. The molecular weight excluding hydrogens is 392 g/mol. The first-order chi connectivity index (χ1) is 14.1. The molecule has 3 amide bonds. The van der Waals surface area contributed by atoms with E-state index in [-0.39, 0.29) is 23.9 Å². The number of ether oxygens (including phenoxy) is 1. The summed E-state index contributed by atoms with van der Waals surface area (Å²) in [5.74, 6) is -0.735. The van der Waals surface area contributed by atoms with E-state index in [9.17, 15) is 14.4 Å². The monoisotopic (exact) mass is 410 g/mol. The molecule has 2 fully saturated rings. The third-order valence-electron chi connectivity index (χ3n) is 4.88. The Morgan fingerprint density at radius 1 is 1.24 bits per heavy atom. The standard InChI is InChI=1S/C20H18N4O4S/c21-5-6-23-12-14(15-3-1-2-4-16(15)23)11-17-19(26)24(20(27)29-17)13-18(25)22-7-9-28-10-8-22/h1-4,11-12H,6-10,13H2/b17-11+. The van der Waals surface area contributed by atoms with Gasteiger partial charge in [-0.05, 0) is 23.9 Å². The predicted molar refractivity (Wildman–Crippen MR) is 108 cm³/mol. The smallest absolute Gasteiger partial charge is 0.294 e. The minimum absolute atomic E-state index is 0.184. The fraction of sp³-hybridized carbons (Fsp3) is 0.300. The minimum Gasteiger partial charge on any atom is -0.378 e. The predicted octanol–water partition coefficient (Wildman–Crippen LogP) is 2.06. The molecule has 0 bridgehead atoms. The van der Waals surface area contributed by atoms with Gasteiger partial charge in [-0.3, -0.25) is 19.3 Å². The number of fused-ring (bicyclic) bond motifs is 1. The molecule has 2 aromatic rings. The second kappa shape index (κ2) is 8.11. The van der Waals surface area contributed by atoms with E-state index in [1.54, 1.807) is 21.7 Å². The van der Waals surface area contributed by atoms with Crippen LogP contribution < -0.4 is 0 Å². The number of benzene rings is 1. The van der Waals surface area contributed by atoms with E-state index in [2.05, 4.69) is 6.07 Å². The molecule has 8 nitrogen and oxygen atoms in total. The maximum Gasteiger partial charge on any atom is 0.294 e. The number of imide groups is 1. The number of carbonyl (C=O) groups is 3. The van der Waals surface area contributed by atoms with Crippen molar-refractivity contribution in [1.29, 1.82) is 5.26 Å². The van der Waals surface area contributed by atoms with Gasteiger partial charge in [-0.25, -0.2) is 0 Å². The van der Waals surface area contributed by atoms with Gasteiger partial charge >= 0.3 is 0 Å².